The van der Waals surface area contributed by atoms with Crippen LogP contribution in [0.2, 0.25) is 0 Å². The predicted molar refractivity (Wildman–Crippen MR) is 87.0 cm³/mol. The molecule has 0 aromatic heterocycles. The first kappa shape index (κ1) is 12.0. The minimum atomic E-state index is -0.122. The lowest BCUT2D eigenvalue weighted by atomic mass is 9.64. The zero-order chi connectivity index (χ0) is 15.3. The molecule has 5 aliphatic rings. The first-order valence-corrected chi connectivity index (χ1v) is 8.27. The molecule has 5 nitrogen and oxygen atoms in total. The number of rotatable bonds is 0. The van der Waals surface area contributed by atoms with Crippen LogP contribution in [0, 0.1) is 0 Å². The number of carbonyl (C=O) groups excluding carboxylic acids is 1. The van der Waals surface area contributed by atoms with Gasteiger partial charge in [-0.3, -0.25) is 9.79 Å². The van der Waals surface area contributed by atoms with Gasteiger partial charge in [-0.05, 0) is 18.1 Å². The molecule has 4 heterocycles. The summed E-state index contributed by atoms with van der Waals surface area (Å²) in [5.41, 5.74) is 3.76. The van der Waals surface area contributed by atoms with E-state index in [-0.39, 0.29) is 23.0 Å². The molecule has 0 radical (unpaired) electrons. The van der Waals surface area contributed by atoms with E-state index in [0.717, 1.165) is 48.6 Å². The van der Waals surface area contributed by atoms with Crippen molar-refractivity contribution in [3.8, 4) is 5.75 Å². The number of ketones is 1. The molecule has 0 fully saturated rings. The van der Waals surface area contributed by atoms with Crippen LogP contribution in [-0.4, -0.2) is 36.2 Å². The van der Waals surface area contributed by atoms with Crippen LogP contribution in [0.4, 0.5) is 11.4 Å². The Hall–Kier alpha value is -2.43. The lowest BCUT2D eigenvalue weighted by Gasteiger charge is -2.43. The van der Waals surface area contributed by atoms with Crippen molar-refractivity contribution in [2.45, 2.75) is 30.7 Å². The Balaban J connectivity index is 1.93. The molecule has 0 saturated carbocycles. The average Bonchev–Trinajstić information content (AvgIpc) is 3.00. The van der Waals surface area contributed by atoms with E-state index in [1.54, 1.807) is 6.08 Å². The van der Waals surface area contributed by atoms with Crippen LogP contribution in [0.3, 0.4) is 0 Å². The van der Waals surface area contributed by atoms with Crippen molar-refractivity contribution in [2.24, 2.45) is 4.99 Å². The summed E-state index contributed by atoms with van der Waals surface area (Å²) in [5.74, 6) is 0.486. The molecule has 1 aromatic rings. The van der Waals surface area contributed by atoms with E-state index in [4.69, 9.17) is 0 Å². The maximum atomic E-state index is 12.5. The van der Waals surface area contributed by atoms with E-state index in [9.17, 15) is 9.90 Å². The van der Waals surface area contributed by atoms with Crippen molar-refractivity contribution in [3.63, 3.8) is 0 Å². The van der Waals surface area contributed by atoms with E-state index >= 15 is 0 Å². The molecule has 0 saturated heterocycles. The lowest BCUT2D eigenvalue weighted by molar-refractivity contribution is -0.118. The SMILES string of the molecule is O=C1C=C[C@]23CCNc4c(O)c5c6c(c42)=[N+](CCC=6C=N5)[C@H]1C3. The van der Waals surface area contributed by atoms with Crippen molar-refractivity contribution >= 4 is 28.9 Å². The highest BCUT2D eigenvalue weighted by atomic mass is 16.3. The molecule has 4 aliphatic heterocycles. The van der Waals surface area contributed by atoms with Crippen LogP contribution in [0.15, 0.2) is 17.1 Å². The van der Waals surface area contributed by atoms with Gasteiger partial charge in [0.2, 0.25) is 17.2 Å². The second-order valence-corrected chi connectivity index (χ2v) is 7.19. The van der Waals surface area contributed by atoms with Crippen molar-refractivity contribution < 1.29 is 9.90 Å². The summed E-state index contributed by atoms with van der Waals surface area (Å²) in [7, 11) is 0. The number of aliphatic imine (C=N–C) groups is 1. The van der Waals surface area contributed by atoms with Gasteiger partial charge in [0.25, 0.3) is 0 Å². The van der Waals surface area contributed by atoms with Gasteiger partial charge in [0.15, 0.2) is 5.75 Å². The maximum Gasteiger partial charge on any atom is 0.222 e. The van der Waals surface area contributed by atoms with Crippen LogP contribution in [-0.2, 0) is 10.2 Å². The molecule has 23 heavy (non-hydrogen) atoms. The summed E-state index contributed by atoms with van der Waals surface area (Å²) in [6.07, 6.45) is 8.43. The number of carbonyl (C=O) groups is 1. The second kappa shape index (κ2) is 3.55. The lowest BCUT2D eigenvalue weighted by Crippen LogP contribution is -2.63. The number of allylic oxidation sites excluding steroid dienone is 1. The molecule has 5 heteroatoms. The number of hydrogen-bond donors (Lipinski definition) is 2. The number of nitrogens with one attached hydrogen (secondary N) is 1. The van der Waals surface area contributed by atoms with E-state index in [1.165, 1.54) is 11.1 Å². The number of phenolic OH excluding ortho intramolecular Hbond substituents is 1. The highest BCUT2D eigenvalue weighted by molar-refractivity contribution is 6.08. The monoisotopic (exact) mass is 306 g/mol. The molecular weight excluding hydrogens is 290 g/mol. The van der Waals surface area contributed by atoms with Crippen molar-refractivity contribution in [3.05, 3.63) is 28.3 Å². The normalized spacial score (nSPS) is 31.3. The summed E-state index contributed by atoms with van der Waals surface area (Å²) in [6.45, 7) is 1.66. The number of anilines is 1. The van der Waals surface area contributed by atoms with Gasteiger partial charge in [-0.15, -0.1) is 0 Å². The zero-order valence-corrected chi connectivity index (χ0v) is 12.6. The molecule has 0 amide bonds. The Morgan fingerprint density at radius 3 is 3.26 bits per heavy atom. The fourth-order valence-electron chi connectivity index (χ4n) is 5.18. The Morgan fingerprint density at radius 1 is 1.43 bits per heavy atom. The predicted octanol–water partition coefficient (Wildman–Crippen LogP) is 0.118. The van der Waals surface area contributed by atoms with Crippen LogP contribution in [0.5, 0.6) is 5.75 Å². The molecular formula is C18H16N3O2+. The average molecular weight is 306 g/mol. The van der Waals surface area contributed by atoms with Crippen LogP contribution >= 0.6 is 0 Å². The van der Waals surface area contributed by atoms with Gasteiger partial charge in [-0.1, -0.05) is 6.08 Å². The van der Waals surface area contributed by atoms with Crippen LogP contribution < -0.4 is 20.5 Å². The maximum absolute atomic E-state index is 12.5. The number of fused-ring (bicyclic) bond motifs is 2. The Morgan fingerprint density at radius 2 is 2.35 bits per heavy atom. The van der Waals surface area contributed by atoms with Crippen LogP contribution in [0.1, 0.15) is 24.8 Å². The molecule has 1 aromatic carbocycles. The molecule has 1 spiro atoms. The first-order chi connectivity index (χ1) is 11.2. The first-order valence-electron chi connectivity index (χ1n) is 8.27. The van der Waals surface area contributed by atoms with E-state index in [2.05, 4.69) is 21.0 Å². The third kappa shape index (κ3) is 1.18. The number of hydrogen-bond acceptors (Lipinski definition) is 4. The van der Waals surface area contributed by atoms with Gasteiger partial charge in [0.1, 0.15) is 12.2 Å². The molecule has 114 valence electrons. The largest absolute Gasteiger partial charge is 0.504 e. The fraction of sp³-hybridized carbons (Fsp3) is 0.389. The molecule has 2 atom stereocenters. The summed E-state index contributed by atoms with van der Waals surface area (Å²) in [6, 6.07) is -0.0609. The minimum absolute atomic E-state index is 0.0609. The summed E-state index contributed by atoms with van der Waals surface area (Å²) < 4.78 is 2.27. The van der Waals surface area contributed by atoms with Gasteiger partial charge in [-0.25, -0.2) is 4.58 Å². The number of nitrogens with zero attached hydrogens (tertiary/aromatic N) is 2. The smallest absolute Gasteiger partial charge is 0.222 e. The Labute approximate surface area is 132 Å². The topological polar surface area (TPSA) is 64.7 Å². The molecule has 6 rings (SSSR count). The second-order valence-electron chi connectivity index (χ2n) is 7.19. The number of phenols is 1. The zero-order valence-electron chi connectivity index (χ0n) is 12.6. The fourth-order valence-corrected chi connectivity index (χ4v) is 5.18. The van der Waals surface area contributed by atoms with E-state index < -0.39 is 0 Å². The van der Waals surface area contributed by atoms with Gasteiger partial charge < -0.3 is 10.4 Å². The molecule has 0 unspecified atom stereocenters. The number of aromatic hydroxyl groups is 1. The van der Waals surface area contributed by atoms with Gasteiger partial charge in [-0.2, -0.15) is 0 Å². The van der Waals surface area contributed by atoms with Crippen molar-refractivity contribution in [1.29, 1.82) is 0 Å². The summed E-state index contributed by atoms with van der Waals surface area (Å²) >= 11 is 0. The Bertz CT molecular complexity index is 1020. The Kier molecular flexibility index (Phi) is 1.86. The highest BCUT2D eigenvalue weighted by Crippen LogP contribution is 2.49. The highest BCUT2D eigenvalue weighted by Gasteiger charge is 2.53. The van der Waals surface area contributed by atoms with Gasteiger partial charge >= 0.3 is 0 Å². The molecule has 1 aliphatic carbocycles. The summed E-state index contributed by atoms with van der Waals surface area (Å²) in [5, 5.41) is 16.4. The third-order valence-electron chi connectivity index (χ3n) is 6.20. The van der Waals surface area contributed by atoms with Gasteiger partial charge in [0, 0.05) is 31.0 Å². The minimum Gasteiger partial charge on any atom is -0.504 e. The van der Waals surface area contributed by atoms with Crippen molar-refractivity contribution in [1.82, 2.24) is 4.58 Å². The van der Waals surface area contributed by atoms with E-state index in [1.807, 2.05) is 6.21 Å². The van der Waals surface area contributed by atoms with E-state index in [0.29, 0.717) is 5.69 Å². The van der Waals surface area contributed by atoms with Crippen LogP contribution in [0.25, 0.3) is 5.57 Å². The van der Waals surface area contributed by atoms with Crippen molar-refractivity contribution in [2.75, 3.05) is 18.4 Å². The summed E-state index contributed by atoms with van der Waals surface area (Å²) in [4.78, 5) is 17.0. The standard InChI is InChI=1S/C18H15N3O2/c22-11-1-3-18-4-5-19-15-13(18)16-12-9(8-20-14(12)17(15)23)2-6-21(16)10(11)7-18/h1,3,8,10H,2,4-7H2,(H,19,20,23)/p+1/t10-,18+/m0/s1. The molecule has 2 bridgehead atoms. The van der Waals surface area contributed by atoms with Gasteiger partial charge in [0.05, 0.1) is 16.5 Å². The quantitative estimate of drug-likeness (QED) is 0.528. The third-order valence-corrected chi connectivity index (χ3v) is 6.20. The number of benzene rings is 1. The molecule has 2 N–H and O–H groups in total.